The van der Waals surface area contributed by atoms with Gasteiger partial charge in [-0.15, -0.1) is 0 Å². The number of hydrogen-bond acceptors (Lipinski definition) is 10. The normalized spacial score (nSPS) is 20.7. The highest BCUT2D eigenvalue weighted by atomic mass is 16.7. The zero-order valence-corrected chi connectivity index (χ0v) is 34.4. The van der Waals surface area contributed by atoms with Crippen molar-refractivity contribution < 1.29 is 38.1 Å². The summed E-state index contributed by atoms with van der Waals surface area (Å²) in [5, 5.41) is 5.42. The lowest BCUT2D eigenvalue weighted by Crippen LogP contribution is -2.52. The van der Waals surface area contributed by atoms with Gasteiger partial charge in [0.25, 0.3) is 0 Å². The van der Waals surface area contributed by atoms with Crippen LogP contribution in [0.5, 0.6) is 0 Å². The molecule has 316 valence electrons. The first-order valence-corrected chi connectivity index (χ1v) is 20.6. The Morgan fingerprint density at radius 3 is 1.97 bits per heavy atom. The van der Waals surface area contributed by atoms with Gasteiger partial charge in [0, 0.05) is 12.8 Å². The highest BCUT2D eigenvalue weighted by Crippen LogP contribution is 2.45. The molecule has 0 unspecified atom stereocenters. The fourth-order valence-electron chi connectivity index (χ4n) is 9.07. The van der Waals surface area contributed by atoms with Gasteiger partial charge in [-0.2, -0.15) is 0 Å². The number of imidazole rings is 2. The third kappa shape index (κ3) is 7.50. The van der Waals surface area contributed by atoms with E-state index in [1.54, 1.807) is 22.2 Å². The molecule has 2 aromatic heterocycles. The Morgan fingerprint density at radius 1 is 0.803 bits per heavy atom. The van der Waals surface area contributed by atoms with Crippen LogP contribution in [0.2, 0.25) is 0 Å². The Bertz CT molecular complexity index is 2460. The lowest BCUT2D eigenvalue weighted by Gasteiger charge is -2.30. The van der Waals surface area contributed by atoms with Crippen molar-refractivity contribution in [1.29, 1.82) is 0 Å². The number of carbonyl (C=O) groups is 4. The number of aromatic nitrogens is 4. The van der Waals surface area contributed by atoms with E-state index in [-0.39, 0.29) is 30.3 Å². The van der Waals surface area contributed by atoms with Gasteiger partial charge >= 0.3 is 12.2 Å². The number of alkyl carbamates (subject to hydrolysis) is 2. The molecule has 4 amide bonds. The molecule has 2 saturated heterocycles. The summed E-state index contributed by atoms with van der Waals surface area (Å²) in [7, 11) is 2.56. The van der Waals surface area contributed by atoms with E-state index in [1.165, 1.54) is 14.2 Å². The van der Waals surface area contributed by atoms with E-state index in [0.29, 0.717) is 50.5 Å². The van der Waals surface area contributed by atoms with E-state index in [1.807, 2.05) is 50.2 Å². The van der Waals surface area contributed by atoms with Crippen LogP contribution in [0.25, 0.3) is 33.6 Å². The molecule has 5 aromatic rings. The van der Waals surface area contributed by atoms with E-state index < -0.39 is 36.1 Å². The molecule has 6 heterocycles. The average Bonchev–Trinajstić information content (AvgIpc) is 4.14. The van der Waals surface area contributed by atoms with Gasteiger partial charge in [0.15, 0.2) is 5.79 Å². The molecule has 1 spiro atoms. The Morgan fingerprint density at radius 2 is 1.38 bits per heavy atom. The predicted molar refractivity (Wildman–Crippen MR) is 223 cm³/mol. The lowest BCUT2D eigenvalue weighted by molar-refractivity contribution is -0.153. The van der Waals surface area contributed by atoms with Crippen molar-refractivity contribution in [3.63, 3.8) is 0 Å². The maximum atomic E-state index is 14.0. The third-order valence-electron chi connectivity index (χ3n) is 12.2. The zero-order valence-electron chi connectivity index (χ0n) is 34.4. The highest BCUT2D eigenvalue weighted by Gasteiger charge is 2.53. The smallest absolute Gasteiger partial charge is 0.407 e. The predicted octanol–water partition coefficient (Wildman–Crippen LogP) is 5.83. The fraction of sp³-hybridized carbons (Fsp3) is 0.378. The van der Waals surface area contributed by atoms with Crippen molar-refractivity contribution in [1.82, 2.24) is 35.5 Å². The molecule has 4 aliphatic heterocycles. The number of nitrogens with one attached hydrogen (secondary N) is 4. The monoisotopic (exact) mass is 828 g/mol. The first-order chi connectivity index (χ1) is 29.5. The SMILES string of the molecule is COC(=O)N[C@H]1CCc2cccc3c2N(C1=O)[C@H](c1ncc(-c2ccc(-c4ccc(-c5cnc([C@@H]6CC7(CN6C(=O)[C@@H](NC(=O)OC)C(C)C)OCCO7)[nH]5)cc4)cc2)[nH]1)C3. The first kappa shape index (κ1) is 39.9. The van der Waals surface area contributed by atoms with E-state index in [0.717, 1.165) is 50.5 Å². The van der Waals surface area contributed by atoms with Crippen LogP contribution >= 0.6 is 0 Å². The number of aryl methyl sites for hydroxylation is 1. The summed E-state index contributed by atoms with van der Waals surface area (Å²) in [6.07, 6.45) is 4.39. The molecule has 0 aliphatic carbocycles. The molecule has 2 fully saturated rings. The van der Waals surface area contributed by atoms with Crippen molar-refractivity contribution in [2.75, 3.05) is 38.9 Å². The van der Waals surface area contributed by atoms with Gasteiger partial charge in [-0.25, -0.2) is 19.6 Å². The summed E-state index contributed by atoms with van der Waals surface area (Å²) in [5.41, 5.74) is 8.61. The number of benzene rings is 3. The van der Waals surface area contributed by atoms with Crippen LogP contribution in [-0.2, 0) is 41.4 Å². The number of H-pyrrole nitrogens is 2. The van der Waals surface area contributed by atoms with Crippen molar-refractivity contribution >= 4 is 29.7 Å². The molecule has 61 heavy (non-hydrogen) atoms. The largest absolute Gasteiger partial charge is 0.453 e. The summed E-state index contributed by atoms with van der Waals surface area (Å²) < 4.78 is 21.7. The van der Waals surface area contributed by atoms with Crippen molar-refractivity contribution in [3.05, 3.63) is 102 Å². The van der Waals surface area contributed by atoms with Crippen LogP contribution < -0.4 is 15.5 Å². The number of ether oxygens (including phenoxy) is 4. The quantitative estimate of drug-likeness (QED) is 0.141. The molecular formula is C45H48N8O8. The minimum absolute atomic E-state index is 0.179. The minimum atomic E-state index is -0.938. The number of anilines is 1. The molecular weight excluding hydrogens is 781 g/mol. The maximum Gasteiger partial charge on any atom is 0.407 e. The summed E-state index contributed by atoms with van der Waals surface area (Å²) in [6, 6.07) is 20.2. The number of para-hydroxylation sites is 1. The highest BCUT2D eigenvalue weighted by molar-refractivity contribution is 6.02. The number of amides is 4. The summed E-state index contributed by atoms with van der Waals surface area (Å²) in [6.45, 7) is 4.82. The minimum Gasteiger partial charge on any atom is -0.453 e. The summed E-state index contributed by atoms with van der Waals surface area (Å²) in [4.78, 5) is 72.1. The number of likely N-dealkylation sites (tertiary alicyclic amines) is 1. The van der Waals surface area contributed by atoms with E-state index >= 15 is 0 Å². The van der Waals surface area contributed by atoms with E-state index in [2.05, 4.69) is 50.9 Å². The van der Waals surface area contributed by atoms with Gasteiger partial charge in [0.2, 0.25) is 11.8 Å². The number of methoxy groups -OCH3 is 2. The van der Waals surface area contributed by atoms with Crippen LogP contribution in [0, 0.1) is 5.92 Å². The van der Waals surface area contributed by atoms with Crippen molar-refractivity contribution in [3.8, 4) is 33.6 Å². The molecule has 16 heteroatoms. The van der Waals surface area contributed by atoms with Gasteiger partial charge in [-0.3, -0.25) is 14.5 Å². The van der Waals surface area contributed by atoms with Crippen LogP contribution in [-0.4, -0.2) is 101 Å². The second kappa shape index (κ2) is 16.2. The second-order valence-electron chi connectivity index (χ2n) is 16.3. The first-order valence-electron chi connectivity index (χ1n) is 20.6. The fourth-order valence-corrected chi connectivity index (χ4v) is 9.07. The Hall–Kier alpha value is -6.52. The molecule has 4 atom stereocenters. The maximum absolute atomic E-state index is 14.0. The van der Waals surface area contributed by atoms with E-state index in [4.69, 9.17) is 28.9 Å². The molecule has 0 radical (unpaired) electrons. The Labute approximate surface area is 352 Å². The van der Waals surface area contributed by atoms with Gasteiger partial charge < -0.3 is 44.4 Å². The van der Waals surface area contributed by atoms with Crippen molar-refractivity contribution in [2.45, 2.75) is 69.5 Å². The summed E-state index contributed by atoms with van der Waals surface area (Å²) in [5.74, 6) is -0.303. The second-order valence-corrected chi connectivity index (χ2v) is 16.3. The number of hydrogen-bond donors (Lipinski definition) is 4. The Balaban J connectivity index is 0.899. The topological polar surface area (TPSA) is 193 Å². The zero-order chi connectivity index (χ0) is 42.4. The molecule has 9 rings (SSSR count). The molecule has 4 N–H and O–H groups in total. The summed E-state index contributed by atoms with van der Waals surface area (Å²) >= 11 is 0. The van der Waals surface area contributed by atoms with Gasteiger partial charge in [-0.1, -0.05) is 80.6 Å². The molecule has 16 nitrogen and oxygen atoms in total. The van der Waals surface area contributed by atoms with Gasteiger partial charge in [0.05, 0.1) is 75.5 Å². The number of aromatic amines is 2. The number of nitrogens with zero attached hydrogens (tertiary/aromatic N) is 4. The number of carbonyl (C=O) groups excluding carboxylic acids is 4. The lowest BCUT2D eigenvalue weighted by atomic mass is 10.0. The standard InChI is InChI=1S/C45H48N8O8/c1-25(2)37(51-44(57)59-4)42(55)52-24-45(60-18-19-61-45)21-36(52)40-47-23-34(49-40)29-14-10-27(11-15-29)26-8-12-28(13-9-26)33-22-46-39(48-33)35-20-31-7-5-6-30-16-17-32(50-43(56)58-3)41(54)53(35)38(30)31/h5-15,22-23,25,32,35-37H,16-21,24H2,1-4H3,(H,46,48)(H,47,49)(H,50,56)(H,51,57)/t32-,35-,36-,37-/m0/s1. The van der Waals surface area contributed by atoms with Crippen LogP contribution in [0.3, 0.4) is 0 Å². The molecule has 0 bridgehead atoms. The van der Waals surface area contributed by atoms with E-state index in [9.17, 15) is 19.2 Å². The Kier molecular flexibility index (Phi) is 10.6. The molecule has 0 saturated carbocycles. The van der Waals surface area contributed by atoms with Gasteiger partial charge in [0.1, 0.15) is 23.7 Å². The van der Waals surface area contributed by atoms with Crippen LogP contribution in [0.15, 0.2) is 79.1 Å². The number of rotatable bonds is 9. The van der Waals surface area contributed by atoms with Crippen molar-refractivity contribution in [2.24, 2.45) is 5.92 Å². The molecule has 4 aliphatic rings. The van der Waals surface area contributed by atoms with Crippen LogP contribution in [0.4, 0.5) is 15.3 Å². The average molecular weight is 829 g/mol. The third-order valence-corrected chi connectivity index (χ3v) is 12.2. The van der Waals surface area contributed by atoms with Gasteiger partial charge in [-0.05, 0) is 52.1 Å². The van der Waals surface area contributed by atoms with Crippen LogP contribution in [0.1, 0.15) is 61.5 Å². The molecule has 3 aromatic carbocycles.